The summed E-state index contributed by atoms with van der Waals surface area (Å²) in [4.78, 5) is 27.1. The quantitative estimate of drug-likeness (QED) is 0.413. The molecule has 7 atom stereocenters. The Bertz CT molecular complexity index is 785. The number of ether oxygens (including phenoxy) is 1. The van der Waals surface area contributed by atoms with E-state index in [4.69, 9.17) is 4.74 Å². The van der Waals surface area contributed by atoms with E-state index in [0.29, 0.717) is 30.2 Å². The van der Waals surface area contributed by atoms with Crippen molar-refractivity contribution in [2.75, 3.05) is 13.1 Å². The van der Waals surface area contributed by atoms with Crippen LogP contribution in [-0.4, -0.2) is 41.6 Å². The normalized spacial score (nSPS) is 43.3. The van der Waals surface area contributed by atoms with Crippen molar-refractivity contribution in [1.82, 2.24) is 10.2 Å². The number of nitrogens with zero attached hydrogens (tertiary/aromatic N) is 1. The molecule has 3 aliphatic carbocycles. The zero-order chi connectivity index (χ0) is 24.0. The standard InChI is InChI=1S/C29H48N2O3/c1-4-5-6-7-8-9-10-19-31-20-29(34-26(31)33)18-14-23-21-11-12-24-27(2,16-15-25(32)30-24)22(21)13-17-28(23,29)3/h21-24H,4-20H2,1-3H3,(H,30,32)/t21?,22?,23?,24?,27-,28+,29+/m1/s1. The van der Waals surface area contributed by atoms with Crippen molar-refractivity contribution in [1.29, 1.82) is 0 Å². The molecule has 0 aromatic rings. The van der Waals surface area contributed by atoms with Crippen LogP contribution in [0.5, 0.6) is 0 Å². The molecule has 0 aromatic carbocycles. The second-order valence-electron chi connectivity index (χ2n) is 13.0. The minimum atomic E-state index is -0.278. The lowest BCUT2D eigenvalue weighted by molar-refractivity contribution is -0.145. The molecule has 2 heterocycles. The fourth-order valence-corrected chi connectivity index (χ4v) is 9.29. The molecule has 1 spiro atoms. The molecular formula is C29H48N2O3. The molecular weight excluding hydrogens is 424 g/mol. The van der Waals surface area contributed by atoms with Crippen LogP contribution in [-0.2, 0) is 9.53 Å². The summed E-state index contributed by atoms with van der Waals surface area (Å²) in [6.45, 7) is 8.85. The topological polar surface area (TPSA) is 58.6 Å². The van der Waals surface area contributed by atoms with E-state index in [1.807, 2.05) is 4.90 Å². The number of carbonyl (C=O) groups is 2. The number of fused-ring (bicyclic) bond motifs is 6. The molecule has 5 aliphatic rings. The molecule has 2 saturated heterocycles. The van der Waals surface area contributed by atoms with E-state index in [2.05, 4.69) is 26.1 Å². The Kier molecular flexibility index (Phi) is 6.70. The van der Waals surface area contributed by atoms with Crippen LogP contribution in [0.25, 0.3) is 0 Å². The van der Waals surface area contributed by atoms with Crippen LogP contribution in [0.3, 0.4) is 0 Å². The van der Waals surface area contributed by atoms with Gasteiger partial charge in [-0.1, -0.05) is 59.3 Å². The number of hydrogen-bond donors (Lipinski definition) is 1. The molecule has 2 aliphatic heterocycles. The van der Waals surface area contributed by atoms with Gasteiger partial charge < -0.3 is 15.0 Å². The third-order valence-corrected chi connectivity index (χ3v) is 11.4. The Balaban J connectivity index is 1.22. The van der Waals surface area contributed by atoms with Crippen LogP contribution in [0, 0.1) is 28.6 Å². The molecule has 0 radical (unpaired) electrons. The van der Waals surface area contributed by atoms with Gasteiger partial charge in [0.1, 0.15) is 5.60 Å². The van der Waals surface area contributed by atoms with Crippen LogP contribution in [0.1, 0.15) is 117 Å². The van der Waals surface area contributed by atoms with Crippen LogP contribution in [0.4, 0.5) is 4.79 Å². The number of carbonyl (C=O) groups excluding carboxylic acids is 2. The Morgan fingerprint density at radius 2 is 1.65 bits per heavy atom. The van der Waals surface area contributed by atoms with Gasteiger partial charge in [-0.2, -0.15) is 0 Å². The second kappa shape index (κ2) is 9.32. The van der Waals surface area contributed by atoms with Gasteiger partial charge in [0.15, 0.2) is 0 Å². The van der Waals surface area contributed by atoms with Crippen molar-refractivity contribution in [2.24, 2.45) is 28.6 Å². The van der Waals surface area contributed by atoms with Gasteiger partial charge in [0.2, 0.25) is 5.91 Å². The predicted molar refractivity (Wildman–Crippen MR) is 134 cm³/mol. The fourth-order valence-electron chi connectivity index (χ4n) is 9.29. The first kappa shape index (κ1) is 24.4. The van der Waals surface area contributed by atoms with E-state index in [1.165, 1.54) is 57.8 Å². The maximum Gasteiger partial charge on any atom is 0.410 e. The van der Waals surface area contributed by atoms with Gasteiger partial charge in [0.25, 0.3) is 0 Å². The lowest BCUT2D eigenvalue weighted by Crippen LogP contribution is -2.62. The largest absolute Gasteiger partial charge is 0.440 e. The van der Waals surface area contributed by atoms with Gasteiger partial charge in [0, 0.05) is 24.4 Å². The van der Waals surface area contributed by atoms with E-state index in [1.54, 1.807) is 0 Å². The maximum atomic E-state index is 13.0. The first-order valence-corrected chi connectivity index (χ1v) is 14.6. The Morgan fingerprint density at radius 1 is 0.912 bits per heavy atom. The highest BCUT2D eigenvalue weighted by molar-refractivity contribution is 5.77. The van der Waals surface area contributed by atoms with Gasteiger partial charge in [0.05, 0.1) is 6.54 Å². The van der Waals surface area contributed by atoms with Crippen LogP contribution >= 0.6 is 0 Å². The zero-order valence-electron chi connectivity index (χ0n) is 22.0. The Hall–Kier alpha value is -1.26. The lowest BCUT2D eigenvalue weighted by atomic mass is 9.46. The summed E-state index contributed by atoms with van der Waals surface area (Å²) in [6, 6.07) is 0.358. The Labute approximate surface area is 207 Å². The van der Waals surface area contributed by atoms with Crippen molar-refractivity contribution in [2.45, 2.75) is 129 Å². The molecule has 5 fully saturated rings. The third kappa shape index (κ3) is 3.88. The summed E-state index contributed by atoms with van der Waals surface area (Å²) in [5.74, 6) is 2.31. The van der Waals surface area contributed by atoms with Crippen LogP contribution in [0.2, 0.25) is 0 Å². The van der Waals surface area contributed by atoms with Gasteiger partial charge in [-0.05, 0) is 74.5 Å². The molecule has 5 nitrogen and oxygen atoms in total. The summed E-state index contributed by atoms with van der Waals surface area (Å²) in [5, 5.41) is 3.34. The fraction of sp³-hybridized carbons (Fsp3) is 0.931. The third-order valence-electron chi connectivity index (χ3n) is 11.4. The van der Waals surface area contributed by atoms with E-state index >= 15 is 0 Å². The second-order valence-corrected chi connectivity index (χ2v) is 13.0. The number of nitrogens with one attached hydrogen (secondary N) is 1. The molecule has 0 bridgehead atoms. The zero-order valence-corrected chi connectivity index (χ0v) is 22.0. The first-order chi connectivity index (χ1) is 16.3. The van der Waals surface area contributed by atoms with Crippen LogP contribution in [0.15, 0.2) is 0 Å². The van der Waals surface area contributed by atoms with E-state index in [0.717, 1.165) is 45.2 Å². The monoisotopic (exact) mass is 472 g/mol. The highest BCUT2D eigenvalue weighted by Crippen LogP contribution is 2.68. The lowest BCUT2D eigenvalue weighted by Gasteiger charge is -2.60. The van der Waals surface area contributed by atoms with Crippen molar-refractivity contribution < 1.29 is 14.3 Å². The summed E-state index contributed by atoms with van der Waals surface area (Å²) in [6.07, 6.45) is 17.6. The van der Waals surface area contributed by atoms with Gasteiger partial charge >= 0.3 is 6.09 Å². The highest BCUT2D eigenvalue weighted by atomic mass is 16.6. The summed E-state index contributed by atoms with van der Waals surface area (Å²) < 4.78 is 6.36. The van der Waals surface area contributed by atoms with E-state index in [-0.39, 0.29) is 28.4 Å². The maximum absolute atomic E-state index is 13.0. The molecule has 34 heavy (non-hydrogen) atoms. The minimum Gasteiger partial charge on any atom is -0.440 e. The van der Waals surface area contributed by atoms with Crippen LogP contribution < -0.4 is 5.32 Å². The number of amides is 2. The number of rotatable bonds is 8. The molecule has 5 rings (SSSR count). The van der Waals surface area contributed by atoms with Crippen molar-refractivity contribution in [3.05, 3.63) is 0 Å². The molecule has 1 N–H and O–H groups in total. The Morgan fingerprint density at radius 3 is 2.44 bits per heavy atom. The highest BCUT2D eigenvalue weighted by Gasteiger charge is 2.68. The average molecular weight is 473 g/mol. The van der Waals surface area contributed by atoms with Gasteiger partial charge in [-0.25, -0.2) is 4.79 Å². The van der Waals surface area contributed by atoms with Crippen molar-refractivity contribution >= 4 is 12.0 Å². The molecule has 3 saturated carbocycles. The summed E-state index contributed by atoms with van der Waals surface area (Å²) in [5.41, 5.74) is 0.0582. The molecule has 192 valence electrons. The summed E-state index contributed by atoms with van der Waals surface area (Å²) >= 11 is 0. The van der Waals surface area contributed by atoms with E-state index in [9.17, 15) is 9.59 Å². The van der Waals surface area contributed by atoms with Gasteiger partial charge in [-0.3, -0.25) is 4.79 Å². The number of hydrogen-bond acceptors (Lipinski definition) is 3. The van der Waals surface area contributed by atoms with Crippen molar-refractivity contribution in [3.8, 4) is 0 Å². The SMILES string of the molecule is CCCCCCCCCN1C[C@]2(CCC3C4CCC5NC(=O)CC[C@]5(C)C4CC[C@@]32C)OC1=O. The predicted octanol–water partition coefficient (Wildman–Crippen LogP) is 6.45. The smallest absolute Gasteiger partial charge is 0.410 e. The van der Waals surface area contributed by atoms with E-state index < -0.39 is 0 Å². The number of piperidine rings is 1. The average Bonchev–Trinajstić information content (AvgIpc) is 3.29. The summed E-state index contributed by atoms with van der Waals surface area (Å²) in [7, 11) is 0. The first-order valence-electron chi connectivity index (χ1n) is 14.6. The van der Waals surface area contributed by atoms with Crippen molar-refractivity contribution in [3.63, 3.8) is 0 Å². The molecule has 5 heteroatoms. The molecule has 2 amide bonds. The molecule has 0 aromatic heterocycles. The van der Waals surface area contributed by atoms with Gasteiger partial charge in [-0.15, -0.1) is 0 Å². The number of unbranched alkanes of at least 4 members (excludes halogenated alkanes) is 6. The molecule has 4 unspecified atom stereocenters. The minimum absolute atomic E-state index is 0.0550.